The third-order valence-corrected chi connectivity index (χ3v) is 4.09. The van der Waals surface area contributed by atoms with Gasteiger partial charge < -0.3 is 14.3 Å². The molecule has 3 rings (SSSR count). The van der Waals surface area contributed by atoms with Crippen molar-refractivity contribution in [2.45, 2.75) is 38.8 Å². The minimum atomic E-state index is -4.45. The molecule has 1 aliphatic heterocycles. The fourth-order valence-corrected chi connectivity index (χ4v) is 2.95. The number of alkyl halides is 3. The maximum absolute atomic E-state index is 12.7. The Balaban J connectivity index is 1.76. The van der Waals surface area contributed by atoms with E-state index in [1.54, 1.807) is 18.7 Å². The molecule has 1 amide bonds. The minimum Gasteiger partial charge on any atom is -0.436 e. The van der Waals surface area contributed by atoms with Gasteiger partial charge in [0.1, 0.15) is 11.5 Å². The molecular weight excluding hydrogens is 325 g/mol. The van der Waals surface area contributed by atoms with E-state index in [0.29, 0.717) is 37.5 Å². The number of rotatable bonds is 2. The second-order valence-corrected chi connectivity index (χ2v) is 5.92. The molecule has 0 aliphatic carbocycles. The lowest BCUT2D eigenvalue weighted by molar-refractivity contribution is -0.141. The highest BCUT2D eigenvalue weighted by Gasteiger charge is 2.35. The molecule has 2 aromatic heterocycles. The van der Waals surface area contributed by atoms with Crippen LogP contribution in [-0.2, 0) is 6.18 Å². The number of aromatic nitrogens is 3. The number of nitrogens with zero attached hydrogens (tertiary/aromatic N) is 3. The first-order valence-electron chi connectivity index (χ1n) is 7.61. The Labute approximate surface area is 136 Å². The molecule has 6 nitrogen and oxygen atoms in total. The average molecular weight is 342 g/mol. The van der Waals surface area contributed by atoms with Crippen LogP contribution in [0, 0.1) is 13.8 Å². The van der Waals surface area contributed by atoms with Crippen LogP contribution in [0.5, 0.6) is 0 Å². The van der Waals surface area contributed by atoms with Gasteiger partial charge in [0.2, 0.25) is 5.76 Å². The number of piperidine rings is 1. The third-order valence-electron chi connectivity index (χ3n) is 4.09. The second kappa shape index (κ2) is 5.95. The van der Waals surface area contributed by atoms with Gasteiger partial charge in [0.15, 0.2) is 5.89 Å². The van der Waals surface area contributed by atoms with Gasteiger partial charge in [0.05, 0.1) is 11.9 Å². The van der Waals surface area contributed by atoms with Crippen LogP contribution in [0.25, 0.3) is 0 Å². The van der Waals surface area contributed by atoms with Crippen LogP contribution in [-0.4, -0.2) is 38.8 Å². The van der Waals surface area contributed by atoms with E-state index in [1.807, 2.05) is 0 Å². The monoisotopic (exact) mass is 342 g/mol. The molecule has 2 aromatic rings. The van der Waals surface area contributed by atoms with Crippen LogP contribution in [0.1, 0.15) is 52.4 Å². The Morgan fingerprint density at radius 2 is 2.17 bits per heavy atom. The number of H-pyrrole nitrogens is 1. The molecule has 1 saturated heterocycles. The smallest absolute Gasteiger partial charge is 0.432 e. The summed E-state index contributed by atoms with van der Waals surface area (Å²) in [5.41, 5.74) is -0.361. The van der Waals surface area contributed by atoms with Crippen molar-refractivity contribution in [2.24, 2.45) is 0 Å². The number of likely N-dealkylation sites (tertiary alicyclic amines) is 1. The molecule has 0 saturated carbocycles. The lowest BCUT2D eigenvalue weighted by atomic mass is 9.97. The summed E-state index contributed by atoms with van der Waals surface area (Å²) in [5.74, 6) is 0.294. The molecular formula is C15H17F3N4O2. The Kier molecular flexibility index (Phi) is 4.10. The highest BCUT2D eigenvalue weighted by Crippen LogP contribution is 2.31. The quantitative estimate of drug-likeness (QED) is 0.910. The van der Waals surface area contributed by atoms with E-state index < -0.39 is 11.9 Å². The first-order valence-corrected chi connectivity index (χ1v) is 7.61. The fourth-order valence-electron chi connectivity index (χ4n) is 2.95. The summed E-state index contributed by atoms with van der Waals surface area (Å²) >= 11 is 0. The summed E-state index contributed by atoms with van der Waals surface area (Å²) in [6.45, 7) is 4.17. The van der Waals surface area contributed by atoms with Crippen molar-refractivity contribution in [1.29, 1.82) is 0 Å². The van der Waals surface area contributed by atoms with Crippen LogP contribution in [0.4, 0.5) is 13.2 Å². The van der Waals surface area contributed by atoms with Crippen LogP contribution in [0.3, 0.4) is 0 Å². The van der Waals surface area contributed by atoms with Gasteiger partial charge in [-0.1, -0.05) is 0 Å². The van der Waals surface area contributed by atoms with Gasteiger partial charge in [-0.2, -0.15) is 13.2 Å². The van der Waals surface area contributed by atoms with E-state index in [0.717, 1.165) is 6.20 Å². The number of imidazole rings is 1. The SMILES string of the molecule is Cc1nc(C)c(C(=O)N2CCC[C@@H](c3ncc(C(F)(F)F)[nH]3)C2)o1. The molecule has 3 heterocycles. The molecule has 0 aromatic carbocycles. The maximum Gasteiger partial charge on any atom is 0.432 e. The predicted octanol–water partition coefficient (Wildman–Crippen LogP) is 3.05. The standard InChI is InChI=1S/C15H17F3N4O2/c1-8-12(24-9(2)20-8)14(23)22-5-3-4-10(7-22)13-19-6-11(21-13)15(16,17)18/h6,10H,3-5,7H2,1-2H3,(H,19,21)/t10-/m1/s1. The highest BCUT2D eigenvalue weighted by molar-refractivity contribution is 5.92. The van der Waals surface area contributed by atoms with Crippen molar-refractivity contribution in [3.8, 4) is 0 Å². The summed E-state index contributed by atoms with van der Waals surface area (Å²) in [6, 6.07) is 0. The Morgan fingerprint density at radius 1 is 1.42 bits per heavy atom. The van der Waals surface area contributed by atoms with Crippen molar-refractivity contribution >= 4 is 5.91 Å². The molecule has 1 N–H and O–H groups in total. The number of carbonyl (C=O) groups excluding carboxylic acids is 1. The Morgan fingerprint density at radius 3 is 2.75 bits per heavy atom. The van der Waals surface area contributed by atoms with Crippen molar-refractivity contribution in [2.75, 3.05) is 13.1 Å². The van der Waals surface area contributed by atoms with E-state index in [4.69, 9.17) is 4.42 Å². The maximum atomic E-state index is 12.7. The summed E-state index contributed by atoms with van der Waals surface area (Å²) in [7, 11) is 0. The highest BCUT2D eigenvalue weighted by atomic mass is 19.4. The van der Waals surface area contributed by atoms with Crippen LogP contribution in [0.15, 0.2) is 10.6 Å². The van der Waals surface area contributed by atoms with Crippen LogP contribution >= 0.6 is 0 Å². The largest absolute Gasteiger partial charge is 0.436 e. The summed E-state index contributed by atoms with van der Waals surface area (Å²) in [5, 5.41) is 0. The van der Waals surface area contributed by atoms with Crippen molar-refractivity contribution in [3.63, 3.8) is 0 Å². The van der Waals surface area contributed by atoms with Crippen molar-refractivity contribution < 1.29 is 22.4 Å². The predicted molar refractivity (Wildman–Crippen MR) is 77.4 cm³/mol. The summed E-state index contributed by atoms with van der Waals surface area (Å²) < 4.78 is 43.4. The third kappa shape index (κ3) is 3.15. The number of carbonyl (C=O) groups is 1. The fraction of sp³-hybridized carbons (Fsp3) is 0.533. The van der Waals surface area contributed by atoms with E-state index in [2.05, 4.69) is 15.0 Å². The zero-order valence-electron chi connectivity index (χ0n) is 13.3. The minimum absolute atomic E-state index is 0.184. The number of oxazole rings is 1. The molecule has 130 valence electrons. The molecule has 0 radical (unpaired) electrons. The molecule has 0 unspecified atom stereocenters. The second-order valence-electron chi connectivity index (χ2n) is 5.92. The van der Waals surface area contributed by atoms with Gasteiger partial charge in [-0.15, -0.1) is 0 Å². The lowest BCUT2D eigenvalue weighted by Crippen LogP contribution is -2.39. The normalized spacial score (nSPS) is 18.9. The molecule has 1 fully saturated rings. The summed E-state index contributed by atoms with van der Waals surface area (Å²) in [6.07, 6.45) is -2.31. The first-order chi connectivity index (χ1) is 11.3. The molecule has 1 aliphatic rings. The van der Waals surface area contributed by atoms with Crippen LogP contribution < -0.4 is 0 Å². The lowest BCUT2D eigenvalue weighted by Gasteiger charge is -2.31. The number of aryl methyl sites for hydroxylation is 2. The molecule has 24 heavy (non-hydrogen) atoms. The molecule has 9 heteroatoms. The zero-order valence-corrected chi connectivity index (χ0v) is 13.3. The number of amides is 1. The van der Waals surface area contributed by atoms with Gasteiger partial charge in [-0.25, -0.2) is 9.97 Å². The molecule has 0 bridgehead atoms. The van der Waals surface area contributed by atoms with E-state index in [-0.39, 0.29) is 23.4 Å². The van der Waals surface area contributed by atoms with E-state index in [1.165, 1.54) is 0 Å². The Hall–Kier alpha value is -2.32. The first kappa shape index (κ1) is 16.5. The van der Waals surface area contributed by atoms with Gasteiger partial charge in [-0.05, 0) is 19.8 Å². The van der Waals surface area contributed by atoms with Gasteiger partial charge in [0.25, 0.3) is 5.91 Å². The van der Waals surface area contributed by atoms with Crippen molar-refractivity contribution in [3.05, 3.63) is 35.1 Å². The number of hydrogen-bond acceptors (Lipinski definition) is 4. The Bertz CT molecular complexity index is 750. The average Bonchev–Trinajstić information content (AvgIpc) is 3.13. The van der Waals surface area contributed by atoms with Gasteiger partial charge in [0, 0.05) is 25.9 Å². The van der Waals surface area contributed by atoms with Crippen molar-refractivity contribution in [1.82, 2.24) is 19.9 Å². The van der Waals surface area contributed by atoms with E-state index >= 15 is 0 Å². The van der Waals surface area contributed by atoms with Gasteiger partial charge in [-0.3, -0.25) is 4.79 Å². The van der Waals surface area contributed by atoms with E-state index in [9.17, 15) is 18.0 Å². The number of aromatic amines is 1. The molecule has 0 spiro atoms. The molecule has 1 atom stereocenters. The van der Waals surface area contributed by atoms with Gasteiger partial charge >= 0.3 is 6.18 Å². The number of halogens is 3. The zero-order chi connectivity index (χ0) is 17.5. The topological polar surface area (TPSA) is 75.0 Å². The number of hydrogen-bond donors (Lipinski definition) is 1. The number of nitrogens with one attached hydrogen (secondary N) is 1. The summed E-state index contributed by atoms with van der Waals surface area (Å²) in [4.78, 5) is 24.4. The van der Waals surface area contributed by atoms with Crippen LogP contribution in [0.2, 0.25) is 0 Å².